The molecule has 0 radical (unpaired) electrons. The summed E-state index contributed by atoms with van der Waals surface area (Å²) in [7, 11) is -3.34. The lowest BCUT2D eigenvalue weighted by molar-refractivity contribution is 0.258. The van der Waals surface area contributed by atoms with E-state index >= 15 is 0 Å². The van der Waals surface area contributed by atoms with E-state index in [4.69, 9.17) is 5.73 Å². The molecule has 4 nitrogen and oxygen atoms in total. The Morgan fingerprint density at radius 3 is 2.89 bits per heavy atom. The molecule has 0 saturated carbocycles. The van der Waals surface area contributed by atoms with Crippen LogP contribution in [0.25, 0.3) is 0 Å². The fourth-order valence-corrected chi connectivity index (χ4v) is 4.30. The van der Waals surface area contributed by atoms with Gasteiger partial charge in [-0.05, 0) is 56.3 Å². The van der Waals surface area contributed by atoms with E-state index in [1.54, 1.807) is 22.5 Å². The van der Waals surface area contributed by atoms with Gasteiger partial charge in [0.05, 0.1) is 4.90 Å². The highest BCUT2D eigenvalue weighted by Gasteiger charge is 2.29. The second kappa shape index (κ2) is 6.03. The van der Waals surface area contributed by atoms with Gasteiger partial charge in [-0.2, -0.15) is 4.31 Å². The van der Waals surface area contributed by atoms with Crippen LogP contribution in [-0.2, 0) is 10.0 Å². The molecule has 1 unspecified atom stereocenters. The molecule has 0 aliphatic carbocycles. The van der Waals surface area contributed by atoms with Crippen LogP contribution in [0.5, 0.6) is 0 Å². The highest BCUT2D eigenvalue weighted by Crippen LogP contribution is 2.25. The lowest BCUT2D eigenvalue weighted by Gasteiger charge is -2.31. The SMILES string of the molecule is Cc1cccc(S(=O)(=O)N2CCCC(CCN)C2)c1. The maximum atomic E-state index is 12.6. The monoisotopic (exact) mass is 282 g/mol. The molecule has 0 spiro atoms. The van der Waals surface area contributed by atoms with Gasteiger partial charge < -0.3 is 5.73 Å². The summed E-state index contributed by atoms with van der Waals surface area (Å²) in [5, 5.41) is 0. The Hall–Kier alpha value is -0.910. The maximum absolute atomic E-state index is 12.6. The van der Waals surface area contributed by atoms with Crippen LogP contribution in [0.2, 0.25) is 0 Å². The molecule has 0 amide bonds. The Bertz CT molecular complexity index is 526. The van der Waals surface area contributed by atoms with Crippen molar-refractivity contribution < 1.29 is 8.42 Å². The van der Waals surface area contributed by atoms with Crippen LogP contribution in [0.4, 0.5) is 0 Å². The van der Waals surface area contributed by atoms with E-state index in [-0.39, 0.29) is 0 Å². The van der Waals surface area contributed by atoms with Crippen molar-refractivity contribution in [3.63, 3.8) is 0 Å². The Kier molecular flexibility index (Phi) is 4.60. The van der Waals surface area contributed by atoms with E-state index < -0.39 is 10.0 Å². The molecule has 1 aromatic rings. The molecule has 0 bridgehead atoms. The van der Waals surface area contributed by atoms with Crippen molar-refractivity contribution in [3.05, 3.63) is 29.8 Å². The number of aryl methyl sites for hydroxylation is 1. The number of sulfonamides is 1. The number of hydrogen-bond donors (Lipinski definition) is 1. The van der Waals surface area contributed by atoms with Crippen LogP contribution in [0, 0.1) is 12.8 Å². The molecule has 5 heteroatoms. The van der Waals surface area contributed by atoms with Gasteiger partial charge in [0.15, 0.2) is 0 Å². The van der Waals surface area contributed by atoms with Crippen LogP contribution in [0.3, 0.4) is 0 Å². The largest absolute Gasteiger partial charge is 0.330 e. The standard InChI is InChI=1S/C14H22N2O2S/c1-12-4-2-6-14(10-12)19(17,18)16-9-3-5-13(11-16)7-8-15/h2,4,6,10,13H,3,5,7-9,11,15H2,1H3. The van der Waals surface area contributed by atoms with Crippen molar-refractivity contribution in [2.45, 2.75) is 31.1 Å². The van der Waals surface area contributed by atoms with Crippen molar-refractivity contribution in [1.29, 1.82) is 0 Å². The number of hydrogen-bond acceptors (Lipinski definition) is 3. The smallest absolute Gasteiger partial charge is 0.243 e. The molecular weight excluding hydrogens is 260 g/mol. The number of nitrogens with two attached hydrogens (primary N) is 1. The van der Waals surface area contributed by atoms with Crippen molar-refractivity contribution in [2.24, 2.45) is 11.7 Å². The van der Waals surface area contributed by atoms with Gasteiger partial charge in [0.25, 0.3) is 0 Å². The highest BCUT2D eigenvalue weighted by atomic mass is 32.2. The Balaban J connectivity index is 2.19. The van der Waals surface area contributed by atoms with Crippen LogP contribution in [0.15, 0.2) is 29.2 Å². The van der Waals surface area contributed by atoms with Crippen LogP contribution in [-0.4, -0.2) is 32.4 Å². The maximum Gasteiger partial charge on any atom is 0.243 e. The van der Waals surface area contributed by atoms with Crippen LogP contribution in [0.1, 0.15) is 24.8 Å². The predicted molar refractivity (Wildman–Crippen MR) is 76.3 cm³/mol. The van der Waals surface area contributed by atoms with Gasteiger partial charge in [-0.15, -0.1) is 0 Å². The molecule has 1 aliphatic heterocycles. The predicted octanol–water partition coefficient (Wildman–Crippen LogP) is 1.74. The lowest BCUT2D eigenvalue weighted by atomic mass is 9.96. The quantitative estimate of drug-likeness (QED) is 0.915. The van der Waals surface area contributed by atoms with Gasteiger partial charge in [0, 0.05) is 13.1 Å². The summed E-state index contributed by atoms with van der Waals surface area (Å²) in [6, 6.07) is 7.12. The highest BCUT2D eigenvalue weighted by molar-refractivity contribution is 7.89. The molecule has 1 aromatic carbocycles. The molecule has 2 rings (SSSR count). The topological polar surface area (TPSA) is 63.4 Å². The molecule has 1 heterocycles. The number of nitrogens with zero attached hydrogens (tertiary/aromatic N) is 1. The fraction of sp³-hybridized carbons (Fsp3) is 0.571. The lowest BCUT2D eigenvalue weighted by Crippen LogP contribution is -2.40. The van der Waals surface area contributed by atoms with Crippen molar-refractivity contribution in [1.82, 2.24) is 4.31 Å². The van der Waals surface area contributed by atoms with Crippen molar-refractivity contribution in [2.75, 3.05) is 19.6 Å². The zero-order valence-electron chi connectivity index (χ0n) is 11.4. The molecule has 1 aliphatic rings. The van der Waals surface area contributed by atoms with E-state index in [9.17, 15) is 8.42 Å². The molecule has 1 saturated heterocycles. The van der Waals surface area contributed by atoms with E-state index in [1.165, 1.54) is 0 Å². The van der Waals surface area contributed by atoms with Gasteiger partial charge in [0.1, 0.15) is 0 Å². The Labute approximate surface area is 115 Å². The second-order valence-electron chi connectivity index (χ2n) is 5.27. The van der Waals surface area contributed by atoms with Gasteiger partial charge in [-0.1, -0.05) is 12.1 Å². The number of piperidine rings is 1. The zero-order valence-corrected chi connectivity index (χ0v) is 12.2. The van der Waals surface area contributed by atoms with Gasteiger partial charge in [0.2, 0.25) is 10.0 Å². The number of benzene rings is 1. The minimum atomic E-state index is -3.34. The summed E-state index contributed by atoms with van der Waals surface area (Å²) in [5.74, 6) is 0.401. The van der Waals surface area contributed by atoms with Crippen LogP contribution >= 0.6 is 0 Å². The molecular formula is C14H22N2O2S. The van der Waals surface area contributed by atoms with E-state index in [0.717, 1.165) is 24.8 Å². The summed E-state index contributed by atoms with van der Waals surface area (Å²) < 4.78 is 26.8. The third kappa shape index (κ3) is 3.35. The van der Waals surface area contributed by atoms with E-state index in [0.29, 0.717) is 30.4 Å². The average Bonchev–Trinajstić information content (AvgIpc) is 2.39. The first-order valence-corrected chi connectivity index (χ1v) is 8.25. The first-order valence-electron chi connectivity index (χ1n) is 6.81. The summed E-state index contributed by atoms with van der Waals surface area (Å²) in [6.45, 7) is 3.76. The van der Waals surface area contributed by atoms with Crippen molar-refractivity contribution >= 4 is 10.0 Å². The minimum absolute atomic E-state index is 0.401. The first-order chi connectivity index (χ1) is 9.04. The molecule has 19 heavy (non-hydrogen) atoms. The molecule has 2 N–H and O–H groups in total. The second-order valence-corrected chi connectivity index (χ2v) is 7.20. The Morgan fingerprint density at radius 1 is 1.42 bits per heavy atom. The summed E-state index contributed by atoms with van der Waals surface area (Å²) in [6.07, 6.45) is 2.91. The summed E-state index contributed by atoms with van der Waals surface area (Å²) in [5.41, 5.74) is 6.55. The third-order valence-electron chi connectivity index (χ3n) is 3.68. The van der Waals surface area contributed by atoms with Crippen LogP contribution < -0.4 is 5.73 Å². The summed E-state index contributed by atoms with van der Waals surface area (Å²) in [4.78, 5) is 0.404. The first kappa shape index (κ1) is 14.5. The molecule has 106 valence electrons. The molecule has 1 fully saturated rings. The van der Waals surface area contributed by atoms with E-state index in [2.05, 4.69) is 0 Å². The fourth-order valence-electron chi connectivity index (χ4n) is 2.64. The third-order valence-corrected chi connectivity index (χ3v) is 5.55. The van der Waals surface area contributed by atoms with Gasteiger partial charge in [-0.3, -0.25) is 0 Å². The molecule has 0 aromatic heterocycles. The zero-order chi connectivity index (χ0) is 13.9. The van der Waals surface area contributed by atoms with Gasteiger partial charge >= 0.3 is 0 Å². The van der Waals surface area contributed by atoms with Crippen molar-refractivity contribution in [3.8, 4) is 0 Å². The van der Waals surface area contributed by atoms with Gasteiger partial charge in [-0.25, -0.2) is 8.42 Å². The minimum Gasteiger partial charge on any atom is -0.330 e. The number of rotatable bonds is 4. The molecule has 1 atom stereocenters. The average molecular weight is 282 g/mol. The van der Waals surface area contributed by atoms with E-state index in [1.807, 2.05) is 13.0 Å². The Morgan fingerprint density at radius 2 is 2.21 bits per heavy atom. The summed E-state index contributed by atoms with van der Waals surface area (Å²) >= 11 is 0. The normalized spacial score (nSPS) is 21.5.